The first-order valence-corrected chi connectivity index (χ1v) is 9.29. The molecule has 28 heavy (non-hydrogen) atoms. The van der Waals surface area contributed by atoms with Gasteiger partial charge in [0.05, 0.1) is 13.1 Å². The molecular formula is C23H24N4O. The largest absolute Gasteiger partial charge is 0.351 e. The Morgan fingerprint density at radius 2 is 1.61 bits per heavy atom. The molecule has 0 atom stereocenters. The van der Waals surface area contributed by atoms with E-state index in [-0.39, 0.29) is 12.4 Å². The summed E-state index contributed by atoms with van der Waals surface area (Å²) in [5.41, 5.74) is 2.22. The molecular weight excluding hydrogens is 348 g/mol. The van der Waals surface area contributed by atoms with Crippen LogP contribution in [0, 0.1) is 10.8 Å². The average Bonchev–Trinajstić information content (AvgIpc) is 2.75. The fraction of sp³-hybridized carbons (Fsp3) is 0.174. The minimum Gasteiger partial charge on any atom is -0.351 e. The van der Waals surface area contributed by atoms with Crippen LogP contribution < -0.4 is 5.32 Å². The SMILES string of the molecule is N=C(CCc1ccccc1)N(Cc1cccc2ccccc12)C(=N)CNC=O. The average molecular weight is 372 g/mol. The van der Waals surface area contributed by atoms with Gasteiger partial charge >= 0.3 is 0 Å². The molecule has 0 heterocycles. The van der Waals surface area contributed by atoms with E-state index in [0.717, 1.165) is 28.3 Å². The van der Waals surface area contributed by atoms with Crippen molar-refractivity contribution in [1.29, 1.82) is 10.8 Å². The molecule has 5 heteroatoms. The molecule has 0 fully saturated rings. The van der Waals surface area contributed by atoms with Gasteiger partial charge in [0.25, 0.3) is 0 Å². The Morgan fingerprint density at radius 1 is 0.893 bits per heavy atom. The van der Waals surface area contributed by atoms with Crippen molar-refractivity contribution in [2.45, 2.75) is 19.4 Å². The van der Waals surface area contributed by atoms with Crippen molar-refractivity contribution >= 4 is 28.9 Å². The molecule has 0 unspecified atom stereocenters. The number of benzene rings is 3. The molecule has 0 saturated heterocycles. The number of fused-ring (bicyclic) bond motifs is 1. The lowest BCUT2D eigenvalue weighted by Gasteiger charge is -2.26. The van der Waals surface area contributed by atoms with Crippen molar-refractivity contribution in [3.63, 3.8) is 0 Å². The standard InChI is InChI=1S/C23H24N4O/c24-22(14-13-18-7-2-1-3-8-18)27(23(25)15-26-17-28)16-20-11-6-10-19-9-4-5-12-21(19)20/h1-12,17,24-25H,13-16H2,(H,26,28). The monoisotopic (exact) mass is 372 g/mol. The van der Waals surface area contributed by atoms with Gasteiger partial charge in [-0.05, 0) is 28.3 Å². The van der Waals surface area contributed by atoms with Crippen molar-refractivity contribution in [1.82, 2.24) is 10.2 Å². The molecule has 1 amide bonds. The van der Waals surface area contributed by atoms with Gasteiger partial charge in [0.1, 0.15) is 11.7 Å². The molecule has 0 aromatic heterocycles. The van der Waals surface area contributed by atoms with Gasteiger partial charge in [-0.1, -0.05) is 72.8 Å². The van der Waals surface area contributed by atoms with Gasteiger partial charge in [-0.25, -0.2) is 0 Å². The maximum Gasteiger partial charge on any atom is 0.207 e. The van der Waals surface area contributed by atoms with E-state index in [9.17, 15) is 4.79 Å². The van der Waals surface area contributed by atoms with Crippen LogP contribution in [0.15, 0.2) is 72.8 Å². The third kappa shape index (κ3) is 4.82. The molecule has 3 aromatic carbocycles. The fourth-order valence-electron chi connectivity index (χ4n) is 3.23. The molecule has 3 aromatic rings. The van der Waals surface area contributed by atoms with Crippen LogP contribution in [0.25, 0.3) is 10.8 Å². The minimum absolute atomic E-state index is 0.0992. The number of hydrogen-bond donors (Lipinski definition) is 3. The summed E-state index contributed by atoms with van der Waals surface area (Å²) in [4.78, 5) is 12.3. The van der Waals surface area contributed by atoms with Crippen molar-refractivity contribution in [2.75, 3.05) is 6.54 Å². The van der Waals surface area contributed by atoms with Crippen LogP contribution in [0.4, 0.5) is 0 Å². The van der Waals surface area contributed by atoms with E-state index in [4.69, 9.17) is 10.8 Å². The lowest BCUT2D eigenvalue weighted by molar-refractivity contribution is -0.109. The molecule has 142 valence electrons. The lowest BCUT2D eigenvalue weighted by Crippen LogP contribution is -2.41. The molecule has 0 aliphatic carbocycles. The van der Waals surface area contributed by atoms with Crippen LogP contribution >= 0.6 is 0 Å². The van der Waals surface area contributed by atoms with Gasteiger partial charge in [-0.15, -0.1) is 0 Å². The number of carbonyl (C=O) groups excluding carboxylic acids is 1. The summed E-state index contributed by atoms with van der Waals surface area (Å²) >= 11 is 0. The highest BCUT2D eigenvalue weighted by atomic mass is 16.1. The summed E-state index contributed by atoms with van der Waals surface area (Å²) in [6, 6.07) is 24.2. The molecule has 0 aliphatic rings. The smallest absolute Gasteiger partial charge is 0.207 e. The first-order chi connectivity index (χ1) is 13.7. The van der Waals surface area contributed by atoms with E-state index >= 15 is 0 Å². The first kappa shape index (κ1) is 19.3. The van der Waals surface area contributed by atoms with Crippen molar-refractivity contribution in [3.8, 4) is 0 Å². The third-order valence-corrected chi connectivity index (χ3v) is 4.71. The molecule has 0 bridgehead atoms. The number of amidine groups is 2. The molecule has 0 saturated carbocycles. The van der Waals surface area contributed by atoms with Gasteiger partial charge in [-0.2, -0.15) is 0 Å². The number of amides is 1. The predicted octanol–water partition coefficient (Wildman–Crippen LogP) is 3.98. The molecule has 3 rings (SSSR count). The van der Waals surface area contributed by atoms with Crippen molar-refractivity contribution in [2.24, 2.45) is 0 Å². The quantitative estimate of drug-likeness (QED) is 0.318. The summed E-state index contributed by atoms with van der Waals surface area (Å²) in [5.74, 6) is 0.576. The highest BCUT2D eigenvalue weighted by Crippen LogP contribution is 2.20. The van der Waals surface area contributed by atoms with Crippen molar-refractivity contribution < 1.29 is 4.79 Å². The number of hydrogen-bond acceptors (Lipinski definition) is 3. The van der Waals surface area contributed by atoms with Crippen LogP contribution in [0.3, 0.4) is 0 Å². The summed E-state index contributed by atoms with van der Waals surface area (Å²) in [6.45, 7) is 0.524. The van der Waals surface area contributed by atoms with Crippen LogP contribution in [0.2, 0.25) is 0 Å². The fourth-order valence-corrected chi connectivity index (χ4v) is 3.23. The molecule has 0 radical (unpaired) electrons. The Morgan fingerprint density at radius 3 is 2.39 bits per heavy atom. The van der Waals surface area contributed by atoms with Gasteiger partial charge in [-0.3, -0.25) is 15.6 Å². The molecule has 0 spiro atoms. The summed E-state index contributed by atoms with van der Waals surface area (Å²) in [7, 11) is 0. The third-order valence-electron chi connectivity index (χ3n) is 4.71. The maximum absolute atomic E-state index is 10.7. The molecule has 0 aliphatic heterocycles. The van der Waals surface area contributed by atoms with E-state index in [1.807, 2.05) is 54.6 Å². The minimum atomic E-state index is 0.0992. The van der Waals surface area contributed by atoms with Gasteiger partial charge < -0.3 is 10.2 Å². The zero-order valence-corrected chi connectivity index (χ0v) is 15.7. The summed E-state index contributed by atoms with van der Waals surface area (Å²) < 4.78 is 0. The zero-order valence-electron chi connectivity index (χ0n) is 15.7. The second-order valence-electron chi connectivity index (χ2n) is 6.60. The van der Waals surface area contributed by atoms with Crippen LogP contribution in [0.1, 0.15) is 17.5 Å². The maximum atomic E-state index is 10.7. The highest BCUT2D eigenvalue weighted by Gasteiger charge is 2.17. The normalized spacial score (nSPS) is 10.4. The Bertz CT molecular complexity index is 963. The Labute approximate surface area is 165 Å². The van der Waals surface area contributed by atoms with Crippen LogP contribution in [0.5, 0.6) is 0 Å². The number of carbonyl (C=O) groups is 1. The Hall–Kier alpha value is -3.47. The van der Waals surface area contributed by atoms with E-state index in [0.29, 0.717) is 25.2 Å². The van der Waals surface area contributed by atoms with Crippen molar-refractivity contribution in [3.05, 3.63) is 83.9 Å². The van der Waals surface area contributed by atoms with Gasteiger partial charge in [0.2, 0.25) is 6.41 Å². The Kier molecular flexibility index (Phi) is 6.52. The summed E-state index contributed by atoms with van der Waals surface area (Å²) in [5, 5.41) is 21.8. The van der Waals surface area contributed by atoms with Crippen LogP contribution in [-0.2, 0) is 17.8 Å². The number of nitrogens with zero attached hydrogens (tertiary/aromatic N) is 1. The number of aryl methyl sites for hydroxylation is 1. The van der Waals surface area contributed by atoms with Gasteiger partial charge in [0.15, 0.2) is 0 Å². The molecule has 5 nitrogen and oxygen atoms in total. The van der Waals surface area contributed by atoms with E-state index < -0.39 is 0 Å². The molecule has 3 N–H and O–H groups in total. The second kappa shape index (κ2) is 9.46. The van der Waals surface area contributed by atoms with E-state index in [1.165, 1.54) is 0 Å². The highest BCUT2D eigenvalue weighted by molar-refractivity contribution is 6.00. The van der Waals surface area contributed by atoms with Crippen LogP contribution in [-0.4, -0.2) is 29.5 Å². The number of nitrogens with one attached hydrogen (secondary N) is 3. The summed E-state index contributed by atoms with van der Waals surface area (Å²) in [6.07, 6.45) is 1.84. The van der Waals surface area contributed by atoms with E-state index in [1.54, 1.807) is 4.90 Å². The topological polar surface area (TPSA) is 80.0 Å². The lowest BCUT2D eigenvalue weighted by atomic mass is 10.0. The second-order valence-corrected chi connectivity index (χ2v) is 6.60. The predicted molar refractivity (Wildman–Crippen MR) is 114 cm³/mol. The Balaban J connectivity index is 1.80. The first-order valence-electron chi connectivity index (χ1n) is 9.29. The van der Waals surface area contributed by atoms with E-state index in [2.05, 4.69) is 23.5 Å². The van der Waals surface area contributed by atoms with Gasteiger partial charge in [0, 0.05) is 6.42 Å². The number of rotatable bonds is 8. The zero-order chi connectivity index (χ0) is 19.8.